The van der Waals surface area contributed by atoms with E-state index in [9.17, 15) is 5.11 Å². The molecule has 1 heterocycles. The minimum absolute atomic E-state index is 0.0574. The van der Waals surface area contributed by atoms with Gasteiger partial charge in [-0.15, -0.1) is 23.5 Å². The number of aliphatic hydroxyl groups excluding tert-OH is 1. The van der Waals surface area contributed by atoms with E-state index in [0.29, 0.717) is 4.71 Å². The summed E-state index contributed by atoms with van der Waals surface area (Å²) in [5.41, 5.74) is 2.21. The Morgan fingerprint density at radius 2 is 2.18 bits per heavy atom. The molecule has 0 saturated carbocycles. The summed E-state index contributed by atoms with van der Waals surface area (Å²) in [6.07, 6.45) is 7.01. The standard InChI is InChI=1S/C12H15NOS3/c1-8(11(14)15)9-2-4-10(5-3-9)13-12-16-6-7-17-12/h2-4,8,12H,5-7H2,1H3,(H,14,15). The Labute approximate surface area is 116 Å². The van der Waals surface area contributed by atoms with E-state index in [1.807, 2.05) is 42.6 Å². The van der Waals surface area contributed by atoms with Gasteiger partial charge in [-0.3, -0.25) is 4.99 Å². The number of aliphatic hydroxyl groups is 1. The van der Waals surface area contributed by atoms with Crippen LogP contribution in [0.5, 0.6) is 0 Å². The minimum Gasteiger partial charge on any atom is -0.502 e. The summed E-state index contributed by atoms with van der Waals surface area (Å²) in [7, 11) is 0. The van der Waals surface area contributed by atoms with Crippen LogP contribution < -0.4 is 0 Å². The van der Waals surface area contributed by atoms with E-state index in [1.165, 1.54) is 11.5 Å². The third-order valence-electron chi connectivity index (χ3n) is 2.76. The van der Waals surface area contributed by atoms with Gasteiger partial charge in [-0.1, -0.05) is 19.1 Å². The molecule has 1 atom stereocenters. The molecule has 1 N–H and O–H groups in total. The van der Waals surface area contributed by atoms with E-state index in [1.54, 1.807) is 0 Å². The molecule has 1 aliphatic carbocycles. The number of thioether (sulfide) groups is 2. The average molecular weight is 285 g/mol. The van der Waals surface area contributed by atoms with Gasteiger partial charge >= 0.3 is 0 Å². The third kappa shape index (κ3) is 3.60. The van der Waals surface area contributed by atoms with Gasteiger partial charge in [0, 0.05) is 29.6 Å². The van der Waals surface area contributed by atoms with E-state index < -0.39 is 0 Å². The van der Waals surface area contributed by atoms with Crippen LogP contribution >= 0.6 is 35.7 Å². The van der Waals surface area contributed by atoms with Crippen LogP contribution in [-0.4, -0.2) is 32.1 Å². The molecule has 0 amide bonds. The van der Waals surface area contributed by atoms with Crippen LogP contribution in [0.3, 0.4) is 0 Å². The van der Waals surface area contributed by atoms with Gasteiger partial charge in [-0.25, -0.2) is 0 Å². The van der Waals surface area contributed by atoms with Gasteiger partial charge < -0.3 is 5.11 Å². The highest BCUT2D eigenvalue weighted by Gasteiger charge is 2.17. The maximum atomic E-state index is 9.29. The van der Waals surface area contributed by atoms with Crippen molar-refractivity contribution in [1.82, 2.24) is 0 Å². The Balaban J connectivity index is 1.97. The van der Waals surface area contributed by atoms with Gasteiger partial charge in [0.1, 0.15) is 4.71 Å². The molecular weight excluding hydrogens is 270 g/mol. The van der Waals surface area contributed by atoms with Crippen LogP contribution in [0.4, 0.5) is 0 Å². The molecule has 0 spiro atoms. The second kappa shape index (κ2) is 6.07. The fourth-order valence-electron chi connectivity index (χ4n) is 1.67. The van der Waals surface area contributed by atoms with Crippen molar-refractivity contribution in [3.63, 3.8) is 0 Å². The zero-order chi connectivity index (χ0) is 12.3. The summed E-state index contributed by atoms with van der Waals surface area (Å²) in [5.74, 6) is 2.34. The van der Waals surface area contributed by atoms with Crippen LogP contribution in [0.25, 0.3) is 0 Å². The van der Waals surface area contributed by atoms with Crippen molar-refractivity contribution in [3.8, 4) is 0 Å². The summed E-state index contributed by atoms with van der Waals surface area (Å²) in [5, 5.41) is 9.35. The summed E-state index contributed by atoms with van der Waals surface area (Å²) in [6, 6.07) is 0. The van der Waals surface area contributed by atoms with Crippen molar-refractivity contribution in [2.24, 2.45) is 10.9 Å². The largest absolute Gasteiger partial charge is 0.502 e. The molecule has 0 radical (unpaired) electrons. The SMILES string of the molecule is CC(C(O)=S)C1=CCC(=NC2SCCS2)C=C1. The molecule has 1 saturated heterocycles. The first-order valence-electron chi connectivity index (χ1n) is 5.57. The molecule has 1 aliphatic heterocycles. The normalized spacial score (nSPS) is 25.0. The number of aliphatic imine (C=N–C) groups is 1. The highest BCUT2D eigenvalue weighted by Crippen LogP contribution is 2.33. The first-order chi connectivity index (χ1) is 8.16. The molecule has 17 heavy (non-hydrogen) atoms. The molecular formula is C12H15NOS3. The van der Waals surface area contributed by atoms with Gasteiger partial charge in [0.2, 0.25) is 0 Å². The lowest BCUT2D eigenvalue weighted by molar-refractivity contribution is 0.529. The topological polar surface area (TPSA) is 32.6 Å². The zero-order valence-electron chi connectivity index (χ0n) is 9.63. The lowest BCUT2D eigenvalue weighted by Crippen LogP contribution is -2.12. The Morgan fingerprint density at radius 1 is 1.47 bits per heavy atom. The summed E-state index contributed by atoms with van der Waals surface area (Å²) in [6.45, 7) is 1.92. The molecule has 2 aliphatic rings. The van der Waals surface area contributed by atoms with Crippen LogP contribution in [0.2, 0.25) is 0 Å². The molecule has 2 rings (SSSR count). The third-order valence-corrected chi connectivity index (χ3v) is 5.85. The maximum absolute atomic E-state index is 9.29. The average Bonchev–Trinajstić information content (AvgIpc) is 2.82. The van der Waals surface area contributed by atoms with Crippen LogP contribution in [0.15, 0.2) is 28.8 Å². The molecule has 1 unspecified atom stereocenters. The molecule has 0 aromatic rings. The molecule has 0 aromatic heterocycles. The number of nitrogens with zero attached hydrogens (tertiary/aromatic N) is 1. The fourth-order valence-corrected chi connectivity index (χ4v) is 4.36. The lowest BCUT2D eigenvalue weighted by Gasteiger charge is -2.14. The van der Waals surface area contributed by atoms with Crippen molar-refractivity contribution < 1.29 is 5.11 Å². The summed E-state index contributed by atoms with van der Waals surface area (Å²) >= 11 is 8.60. The number of hydrogen-bond donors (Lipinski definition) is 1. The monoisotopic (exact) mass is 285 g/mol. The van der Waals surface area contributed by atoms with Crippen molar-refractivity contribution in [2.45, 2.75) is 18.1 Å². The molecule has 5 heteroatoms. The molecule has 92 valence electrons. The van der Waals surface area contributed by atoms with Crippen molar-refractivity contribution in [2.75, 3.05) is 11.5 Å². The zero-order valence-corrected chi connectivity index (χ0v) is 12.1. The van der Waals surface area contributed by atoms with Gasteiger partial charge in [0.15, 0.2) is 5.05 Å². The van der Waals surface area contributed by atoms with Crippen molar-refractivity contribution in [3.05, 3.63) is 23.8 Å². The molecule has 0 aromatic carbocycles. The van der Waals surface area contributed by atoms with Gasteiger partial charge in [-0.05, 0) is 23.9 Å². The number of thiocarbonyl (C=S) groups is 1. The number of allylic oxidation sites excluding steroid dienone is 3. The van der Waals surface area contributed by atoms with Gasteiger partial charge in [-0.2, -0.15) is 0 Å². The highest BCUT2D eigenvalue weighted by atomic mass is 32.2. The predicted molar refractivity (Wildman–Crippen MR) is 82.4 cm³/mol. The van der Waals surface area contributed by atoms with Crippen LogP contribution in [0.1, 0.15) is 13.3 Å². The summed E-state index contributed by atoms with van der Waals surface area (Å²) in [4.78, 5) is 4.69. The predicted octanol–water partition coefficient (Wildman–Crippen LogP) is 3.60. The minimum atomic E-state index is -0.0574. The summed E-state index contributed by atoms with van der Waals surface area (Å²) < 4.78 is 0.376. The van der Waals surface area contributed by atoms with E-state index in [-0.39, 0.29) is 11.0 Å². The Morgan fingerprint density at radius 3 is 2.71 bits per heavy atom. The first-order valence-corrected chi connectivity index (χ1v) is 8.08. The second-order valence-electron chi connectivity index (χ2n) is 3.97. The van der Waals surface area contributed by atoms with E-state index in [0.717, 1.165) is 17.7 Å². The Kier molecular flexibility index (Phi) is 4.70. The Hall–Kier alpha value is -0.260. The number of hydrogen-bond acceptors (Lipinski definition) is 4. The first kappa shape index (κ1) is 13.2. The van der Waals surface area contributed by atoms with E-state index in [2.05, 4.69) is 11.1 Å². The Bertz CT molecular complexity index is 395. The van der Waals surface area contributed by atoms with Gasteiger partial charge in [0.05, 0.1) is 0 Å². The molecule has 1 fully saturated rings. The number of rotatable bonds is 3. The second-order valence-corrected chi connectivity index (χ2v) is 7.06. The maximum Gasteiger partial charge on any atom is 0.163 e. The highest BCUT2D eigenvalue weighted by molar-refractivity contribution is 8.20. The smallest absolute Gasteiger partial charge is 0.163 e. The fraction of sp³-hybridized carbons (Fsp3) is 0.500. The lowest BCUT2D eigenvalue weighted by atomic mass is 9.95. The van der Waals surface area contributed by atoms with E-state index >= 15 is 0 Å². The van der Waals surface area contributed by atoms with Crippen LogP contribution in [-0.2, 0) is 0 Å². The molecule has 0 bridgehead atoms. The van der Waals surface area contributed by atoms with Crippen LogP contribution in [0, 0.1) is 5.92 Å². The van der Waals surface area contributed by atoms with E-state index in [4.69, 9.17) is 12.2 Å². The quantitative estimate of drug-likeness (QED) is 0.803. The van der Waals surface area contributed by atoms with Crippen molar-refractivity contribution in [1.29, 1.82) is 0 Å². The molecule has 2 nitrogen and oxygen atoms in total. The van der Waals surface area contributed by atoms with Crippen molar-refractivity contribution >= 4 is 46.5 Å². The van der Waals surface area contributed by atoms with Gasteiger partial charge in [0.25, 0.3) is 0 Å².